The molecule has 1 aromatic rings. The summed E-state index contributed by atoms with van der Waals surface area (Å²) in [6, 6.07) is 0. The molecule has 6 nitrogen and oxygen atoms in total. The fourth-order valence-corrected chi connectivity index (χ4v) is 0.834. The third-order valence-electron chi connectivity index (χ3n) is 1.63. The quantitative estimate of drug-likeness (QED) is 0.667. The lowest BCUT2D eigenvalue weighted by molar-refractivity contribution is 0.254. The van der Waals surface area contributed by atoms with Gasteiger partial charge in [0.2, 0.25) is 5.88 Å². The van der Waals surface area contributed by atoms with Gasteiger partial charge in [-0.25, -0.2) is 4.98 Å². The highest BCUT2D eigenvalue weighted by Gasteiger charge is 2.04. The van der Waals surface area contributed by atoms with E-state index in [1.54, 1.807) is 0 Å². The zero-order valence-corrected chi connectivity index (χ0v) is 8.28. The standard InChI is InChI=1S/C8H14N4O2/c1-12(2)3-4-14-8-6(9)7(13)10-5-11-8/h5H,3-4,9H2,1-2H3,(H,10,11,13). The van der Waals surface area contributed by atoms with Crippen LogP contribution in [0.2, 0.25) is 0 Å². The van der Waals surface area contributed by atoms with Crippen molar-refractivity contribution < 1.29 is 4.74 Å². The number of likely N-dealkylation sites (N-methyl/N-ethyl adjacent to an activating group) is 1. The normalized spacial score (nSPS) is 10.5. The van der Waals surface area contributed by atoms with Crippen molar-refractivity contribution in [3.05, 3.63) is 16.7 Å². The number of rotatable bonds is 4. The van der Waals surface area contributed by atoms with Crippen LogP contribution in [0.25, 0.3) is 0 Å². The second-order valence-electron chi connectivity index (χ2n) is 3.10. The van der Waals surface area contributed by atoms with Gasteiger partial charge in [0.25, 0.3) is 5.56 Å². The van der Waals surface area contributed by atoms with Gasteiger partial charge in [0.15, 0.2) is 5.69 Å². The molecule has 0 aromatic carbocycles. The van der Waals surface area contributed by atoms with Gasteiger partial charge >= 0.3 is 0 Å². The highest BCUT2D eigenvalue weighted by molar-refractivity contribution is 5.44. The lowest BCUT2D eigenvalue weighted by Gasteiger charge is -2.10. The molecule has 0 saturated carbocycles. The van der Waals surface area contributed by atoms with Crippen molar-refractivity contribution in [2.45, 2.75) is 0 Å². The molecule has 0 aliphatic rings. The summed E-state index contributed by atoms with van der Waals surface area (Å²) in [5.74, 6) is 0.190. The fourth-order valence-electron chi connectivity index (χ4n) is 0.834. The van der Waals surface area contributed by atoms with Crippen LogP contribution in [0.5, 0.6) is 5.88 Å². The molecule has 0 amide bonds. The van der Waals surface area contributed by atoms with Gasteiger partial charge in [-0.3, -0.25) is 4.79 Å². The van der Waals surface area contributed by atoms with Gasteiger partial charge in [0, 0.05) is 6.54 Å². The first-order valence-corrected chi connectivity index (χ1v) is 4.22. The van der Waals surface area contributed by atoms with Gasteiger partial charge in [-0.1, -0.05) is 0 Å². The lowest BCUT2D eigenvalue weighted by Crippen LogP contribution is -2.21. The summed E-state index contributed by atoms with van der Waals surface area (Å²) >= 11 is 0. The van der Waals surface area contributed by atoms with E-state index in [2.05, 4.69) is 9.97 Å². The van der Waals surface area contributed by atoms with Crippen molar-refractivity contribution in [3.8, 4) is 5.88 Å². The van der Waals surface area contributed by atoms with Crippen molar-refractivity contribution in [1.29, 1.82) is 0 Å². The first-order chi connectivity index (χ1) is 6.61. The fraction of sp³-hybridized carbons (Fsp3) is 0.500. The van der Waals surface area contributed by atoms with E-state index in [-0.39, 0.29) is 17.1 Å². The Morgan fingerprint density at radius 3 is 3.00 bits per heavy atom. The maximum absolute atomic E-state index is 11.0. The first kappa shape index (κ1) is 10.5. The Bertz CT molecular complexity index is 347. The van der Waals surface area contributed by atoms with Crippen LogP contribution in [-0.2, 0) is 0 Å². The van der Waals surface area contributed by atoms with E-state index in [4.69, 9.17) is 10.5 Å². The minimum absolute atomic E-state index is 0.0197. The Balaban J connectivity index is 2.59. The highest BCUT2D eigenvalue weighted by Crippen LogP contribution is 2.09. The molecular weight excluding hydrogens is 184 g/mol. The van der Waals surface area contributed by atoms with E-state index < -0.39 is 0 Å². The third kappa shape index (κ3) is 2.74. The molecular formula is C8H14N4O2. The molecule has 0 bridgehead atoms. The van der Waals surface area contributed by atoms with Crippen LogP contribution in [0.1, 0.15) is 0 Å². The number of nitrogens with two attached hydrogens (primary N) is 1. The summed E-state index contributed by atoms with van der Waals surface area (Å²) in [5, 5.41) is 0. The van der Waals surface area contributed by atoms with Crippen LogP contribution in [0.4, 0.5) is 5.69 Å². The van der Waals surface area contributed by atoms with Gasteiger partial charge in [-0.15, -0.1) is 0 Å². The van der Waals surface area contributed by atoms with E-state index in [0.717, 1.165) is 6.54 Å². The number of aromatic amines is 1. The molecule has 0 fully saturated rings. The van der Waals surface area contributed by atoms with Gasteiger partial charge in [-0.05, 0) is 14.1 Å². The Hall–Kier alpha value is -1.56. The van der Waals surface area contributed by atoms with Gasteiger partial charge in [-0.2, -0.15) is 0 Å². The number of hydrogen-bond acceptors (Lipinski definition) is 5. The van der Waals surface area contributed by atoms with Crippen molar-refractivity contribution in [3.63, 3.8) is 0 Å². The summed E-state index contributed by atoms with van der Waals surface area (Å²) in [5.41, 5.74) is 5.10. The maximum atomic E-state index is 11.0. The SMILES string of the molecule is CN(C)CCOc1nc[nH]c(=O)c1N. The summed E-state index contributed by atoms with van der Waals surface area (Å²) in [4.78, 5) is 19.2. The minimum Gasteiger partial charge on any atom is -0.475 e. The maximum Gasteiger partial charge on any atom is 0.277 e. The molecule has 78 valence electrons. The van der Waals surface area contributed by atoms with Crippen molar-refractivity contribution in [2.24, 2.45) is 0 Å². The summed E-state index contributed by atoms with van der Waals surface area (Å²) in [6.07, 6.45) is 1.27. The number of nitrogens with one attached hydrogen (secondary N) is 1. The van der Waals surface area contributed by atoms with Gasteiger partial charge < -0.3 is 20.4 Å². The van der Waals surface area contributed by atoms with Crippen LogP contribution in [0.3, 0.4) is 0 Å². The third-order valence-corrected chi connectivity index (χ3v) is 1.63. The lowest BCUT2D eigenvalue weighted by atomic mass is 10.5. The molecule has 0 spiro atoms. The molecule has 0 radical (unpaired) electrons. The predicted octanol–water partition coefficient (Wildman–Crippen LogP) is -0.708. The minimum atomic E-state index is -0.375. The monoisotopic (exact) mass is 198 g/mol. The highest BCUT2D eigenvalue weighted by atomic mass is 16.5. The number of hydrogen-bond donors (Lipinski definition) is 2. The Morgan fingerprint density at radius 1 is 1.64 bits per heavy atom. The van der Waals surface area contributed by atoms with Gasteiger partial charge in [0.05, 0.1) is 6.33 Å². The zero-order valence-electron chi connectivity index (χ0n) is 8.28. The predicted molar refractivity (Wildman–Crippen MR) is 53.3 cm³/mol. The van der Waals surface area contributed by atoms with E-state index in [1.165, 1.54) is 6.33 Å². The molecule has 1 rings (SSSR count). The van der Waals surface area contributed by atoms with Crippen LogP contribution in [-0.4, -0.2) is 42.1 Å². The van der Waals surface area contributed by atoms with E-state index in [0.29, 0.717) is 6.61 Å². The van der Waals surface area contributed by atoms with E-state index in [9.17, 15) is 4.79 Å². The van der Waals surface area contributed by atoms with Gasteiger partial charge in [0.1, 0.15) is 6.61 Å². The molecule has 6 heteroatoms. The smallest absolute Gasteiger partial charge is 0.277 e. The molecule has 0 aliphatic carbocycles. The number of nitrogens with zero attached hydrogens (tertiary/aromatic N) is 2. The molecule has 0 unspecified atom stereocenters. The van der Waals surface area contributed by atoms with Crippen LogP contribution in [0.15, 0.2) is 11.1 Å². The van der Waals surface area contributed by atoms with Crippen molar-refractivity contribution >= 4 is 5.69 Å². The summed E-state index contributed by atoms with van der Waals surface area (Å²) in [6.45, 7) is 1.20. The average molecular weight is 198 g/mol. The van der Waals surface area contributed by atoms with Crippen LogP contribution < -0.4 is 16.0 Å². The zero-order chi connectivity index (χ0) is 10.6. The number of nitrogen functional groups attached to an aromatic ring is 1. The summed E-state index contributed by atoms with van der Waals surface area (Å²) in [7, 11) is 3.86. The van der Waals surface area contributed by atoms with E-state index in [1.807, 2.05) is 19.0 Å². The van der Waals surface area contributed by atoms with Crippen LogP contribution in [0, 0.1) is 0 Å². The van der Waals surface area contributed by atoms with Crippen molar-refractivity contribution in [2.75, 3.05) is 33.0 Å². The molecule has 0 aliphatic heterocycles. The Kier molecular flexibility index (Phi) is 3.47. The molecule has 3 N–H and O–H groups in total. The number of H-pyrrole nitrogens is 1. The van der Waals surface area contributed by atoms with Crippen LogP contribution >= 0.6 is 0 Å². The average Bonchev–Trinajstić information content (AvgIpc) is 2.12. The largest absolute Gasteiger partial charge is 0.475 e. The first-order valence-electron chi connectivity index (χ1n) is 4.22. The van der Waals surface area contributed by atoms with E-state index >= 15 is 0 Å². The Morgan fingerprint density at radius 2 is 2.36 bits per heavy atom. The second kappa shape index (κ2) is 4.61. The molecule has 14 heavy (non-hydrogen) atoms. The topological polar surface area (TPSA) is 84.2 Å². The second-order valence-corrected chi connectivity index (χ2v) is 3.10. The molecule has 1 heterocycles. The number of ether oxygens (including phenoxy) is 1. The number of anilines is 1. The summed E-state index contributed by atoms with van der Waals surface area (Å²) < 4.78 is 5.23. The number of aromatic nitrogens is 2. The molecule has 1 aromatic heterocycles. The Labute approximate surface area is 81.7 Å². The van der Waals surface area contributed by atoms with Crippen molar-refractivity contribution in [1.82, 2.24) is 14.9 Å². The molecule has 0 atom stereocenters. The molecule has 0 saturated heterocycles.